The fourth-order valence-electron chi connectivity index (χ4n) is 2.72. The van der Waals surface area contributed by atoms with E-state index in [1.165, 1.54) is 12.1 Å². The summed E-state index contributed by atoms with van der Waals surface area (Å²) in [6.45, 7) is 18.1. The molecule has 0 spiro atoms. The fraction of sp³-hybridized carbons (Fsp3) is 0.429. The molecule has 35 heavy (non-hydrogen) atoms. The number of benzene rings is 1. The van der Waals surface area contributed by atoms with Crippen LogP contribution in [0.3, 0.4) is 0 Å². The summed E-state index contributed by atoms with van der Waals surface area (Å²) in [5.41, 5.74) is 2.12. The molecule has 1 aromatic carbocycles. The molecule has 0 bridgehead atoms. The van der Waals surface area contributed by atoms with Crippen molar-refractivity contribution in [3.8, 4) is 0 Å². The number of carboxylic acids is 1. The maximum absolute atomic E-state index is 12.7. The van der Waals surface area contributed by atoms with Gasteiger partial charge in [0.25, 0.3) is 0 Å². The van der Waals surface area contributed by atoms with Crippen molar-refractivity contribution in [2.45, 2.75) is 58.9 Å². The molecule has 0 radical (unpaired) electrons. The summed E-state index contributed by atoms with van der Waals surface area (Å²) in [5.74, 6) is -1.00. The third-order valence-corrected chi connectivity index (χ3v) is 4.63. The van der Waals surface area contributed by atoms with Gasteiger partial charge in [-0.15, -0.1) is 19.7 Å². The van der Waals surface area contributed by atoms with Gasteiger partial charge in [0.1, 0.15) is 5.82 Å². The maximum Gasteiger partial charge on any atom is 0.317 e. The van der Waals surface area contributed by atoms with E-state index in [0.717, 1.165) is 24.0 Å². The first-order valence-corrected chi connectivity index (χ1v) is 12.0. The molecule has 1 unspecified atom stereocenters. The Balaban J connectivity index is 0. The van der Waals surface area contributed by atoms with Crippen LogP contribution in [-0.4, -0.2) is 48.2 Å². The second-order valence-corrected chi connectivity index (χ2v) is 7.40. The molecule has 0 aliphatic carbocycles. The average molecular weight is 490 g/mol. The number of hydrogen-bond acceptors (Lipinski definition) is 3. The number of aliphatic carboxylic acids is 1. The molecule has 0 aliphatic rings. The number of carbonyl (C=O) groups is 2. The van der Waals surface area contributed by atoms with Gasteiger partial charge in [-0.25, -0.2) is 9.18 Å². The number of amides is 2. The molecule has 0 fully saturated rings. The monoisotopic (exact) mass is 489 g/mol. The van der Waals surface area contributed by atoms with Crippen LogP contribution in [0.1, 0.15) is 52.0 Å². The van der Waals surface area contributed by atoms with Crippen LogP contribution >= 0.6 is 0 Å². The SMILES string of the molecule is C=CC/C(=C\NC(C)C=C)CCC(=O)O.C=CCN(CCCc1ccc(F)cc1)C(=O)NC.CC. The Labute approximate surface area is 211 Å². The summed E-state index contributed by atoms with van der Waals surface area (Å²) >= 11 is 0. The molecule has 2 amide bonds. The molecular formula is C28H44FN3O3. The molecule has 0 heterocycles. The van der Waals surface area contributed by atoms with E-state index in [0.29, 0.717) is 25.9 Å². The number of hydrogen-bond donors (Lipinski definition) is 3. The normalized spacial score (nSPS) is 10.8. The Morgan fingerprint density at radius 1 is 1.11 bits per heavy atom. The van der Waals surface area contributed by atoms with Crippen LogP contribution in [0.25, 0.3) is 0 Å². The lowest BCUT2D eigenvalue weighted by atomic mass is 10.1. The Kier molecular flexibility index (Phi) is 21.7. The first-order chi connectivity index (χ1) is 16.8. The van der Waals surface area contributed by atoms with Gasteiger partial charge >= 0.3 is 12.0 Å². The van der Waals surface area contributed by atoms with Crippen molar-refractivity contribution in [2.75, 3.05) is 20.1 Å². The molecule has 1 aromatic rings. The molecular weight excluding hydrogens is 445 g/mol. The van der Waals surface area contributed by atoms with Crippen LogP contribution in [0.2, 0.25) is 0 Å². The van der Waals surface area contributed by atoms with E-state index in [4.69, 9.17) is 5.11 Å². The standard InChI is InChI=1S/C14H19FN2O.C12H19NO2.C2H6/c1-3-10-17(14(18)16-2)11-4-5-12-6-8-13(15)9-7-12;1-4-6-11(7-8-12(14)15)9-13-10(3)5-2;1-2/h3,6-9H,1,4-5,10-11H2,2H3,(H,16,18);4-5,9-10,13H,1-2,6-8H2,3H3,(H,14,15);1-2H3/b;11-9+;. The van der Waals surface area contributed by atoms with Crippen LogP contribution in [0, 0.1) is 5.82 Å². The molecule has 196 valence electrons. The van der Waals surface area contributed by atoms with E-state index < -0.39 is 5.97 Å². The van der Waals surface area contributed by atoms with Gasteiger partial charge in [0.2, 0.25) is 0 Å². The fourth-order valence-corrected chi connectivity index (χ4v) is 2.72. The molecule has 6 nitrogen and oxygen atoms in total. The highest BCUT2D eigenvalue weighted by Gasteiger charge is 2.09. The first kappa shape index (κ1) is 33.8. The van der Waals surface area contributed by atoms with E-state index in [1.54, 1.807) is 42.3 Å². The predicted octanol–water partition coefficient (Wildman–Crippen LogP) is 6.09. The van der Waals surface area contributed by atoms with E-state index in [-0.39, 0.29) is 24.3 Å². The van der Waals surface area contributed by atoms with Crippen molar-refractivity contribution in [2.24, 2.45) is 0 Å². The second kappa shape index (κ2) is 22.4. The zero-order chi connectivity index (χ0) is 27.1. The second-order valence-electron chi connectivity index (χ2n) is 7.40. The molecule has 3 N–H and O–H groups in total. The molecule has 7 heteroatoms. The summed E-state index contributed by atoms with van der Waals surface area (Å²) in [5, 5.41) is 14.3. The van der Waals surface area contributed by atoms with Gasteiger partial charge in [0, 0.05) is 32.6 Å². The van der Waals surface area contributed by atoms with Crippen molar-refractivity contribution in [3.63, 3.8) is 0 Å². The minimum absolute atomic E-state index is 0.103. The number of urea groups is 1. The van der Waals surface area contributed by atoms with Gasteiger partial charge in [0.15, 0.2) is 0 Å². The third kappa shape index (κ3) is 18.7. The van der Waals surface area contributed by atoms with Crippen LogP contribution in [0.5, 0.6) is 0 Å². The summed E-state index contributed by atoms with van der Waals surface area (Å²) < 4.78 is 12.7. The highest BCUT2D eigenvalue weighted by Crippen LogP contribution is 2.09. The zero-order valence-electron chi connectivity index (χ0n) is 21.9. The summed E-state index contributed by atoms with van der Waals surface area (Å²) in [6.07, 6.45) is 10.2. The summed E-state index contributed by atoms with van der Waals surface area (Å²) in [7, 11) is 1.61. The van der Waals surface area contributed by atoms with Crippen molar-refractivity contribution in [1.82, 2.24) is 15.5 Å². The quantitative estimate of drug-likeness (QED) is 0.276. The Hall–Kier alpha value is -3.35. The van der Waals surface area contributed by atoms with Crippen LogP contribution in [0.4, 0.5) is 9.18 Å². The highest BCUT2D eigenvalue weighted by atomic mass is 19.1. The minimum Gasteiger partial charge on any atom is -0.481 e. The first-order valence-electron chi connectivity index (χ1n) is 12.0. The topological polar surface area (TPSA) is 81.7 Å². The van der Waals surface area contributed by atoms with Gasteiger partial charge in [-0.3, -0.25) is 4.79 Å². The Morgan fingerprint density at radius 3 is 2.23 bits per heavy atom. The largest absolute Gasteiger partial charge is 0.481 e. The number of halogens is 1. The highest BCUT2D eigenvalue weighted by molar-refractivity contribution is 5.73. The third-order valence-electron chi connectivity index (χ3n) is 4.63. The van der Waals surface area contributed by atoms with Crippen molar-refractivity contribution in [1.29, 1.82) is 0 Å². The summed E-state index contributed by atoms with van der Waals surface area (Å²) in [6, 6.07) is 6.54. The van der Waals surface area contributed by atoms with Gasteiger partial charge in [-0.2, -0.15) is 0 Å². The smallest absolute Gasteiger partial charge is 0.317 e. The summed E-state index contributed by atoms with van der Waals surface area (Å²) in [4.78, 5) is 23.6. The van der Waals surface area contributed by atoms with Crippen molar-refractivity contribution in [3.05, 3.63) is 85.4 Å². The number of rotatable bonds is 14. The Morgan fingerprint density at radius 2 is 1.74 bits per heavy atom. The molecule has 0 saturated carbocycles. The molecule has 0 aliphatic heterocycles. The van der Waals surface area contributed by atoms with E-state index >= 15 is 0 Å². The van der Waals surface area contributed by atoms with Crippen molar-refractivity contribution < 1.29 is 19.1 Å². The van der Waals surface area contributed by atoms with E-state index in [9.17, 15) is 14.0 Å². The lowest BCUT2D eigenvalue weighted by Crippen LogP contribution is -2.38. The van der Waals surface area contributed by atoms with Crippen LogP contribution in [0.15, 0.2) is 74.0 Å². The lowest BCUT2D eigenvalue weighted by molar-refractivity contribution is -0.136. The zero-order valence-corrected chi connectivity index (χ0v) is 21.9. The van der Waals surface area contributed by atoms with Gasteiger partial charge in [0.05, 0.1) is 0 Å². The van der Waals surface area contributed by atoms with Crippen LogP contribution < -0.4 is 10.6 Å². The molecule has 0 saturated heterocycles. The number of aryl methyl sites for hydroxylation is 1. The minimum atomic E-state index is -0.776. The predicted molar refractivity (Wildman–Crippen MR) is 145 cm³/mol. The number of allylic oxidation sites excluding steroid dienone is 2. The van der Waals surface area contributed by atoms with Gasteiger partial charge < -0.3 is 20.6 Å². The average Bonchev–Trinajstić information content (AvgIpc) is 2.87. The van der Waals surface area contributed by atoms with Crippen molar-refractivity contribution >= 4 is 12.0 Å². The maximum atomic E-state index is 12.7. The van der Waals surface area contributed by atoms with Gasteiger partial charge in [-0.1, -0.05) is 49.8 Å². The lowest BCUT2D eigenvalue weighted by Gasteiger charge is -2.20. The molecule has 1 rings (SSSR count). The number of nitrogens with one attached hydrogen (secondary N) is 2. The molecule has 0 aromatic heterocycles. The number of carbonyl (C=O) groups excluding carboxylic acids is 1. The molecule has 1 atom stereocenters. The van der Waals surface area contributed by atoms with E-state index in [2.05, 4.69) is 30.4 Å². The van der Waals surface area contributed by atoms with Crippen LogP contribution in [-0.2, 0) is 11.2 Å². The van der Waals surface area contributed by atoms with E-state index in [1.807, 2.05) is 27.0 Å². The number of nitrogens with zero attached hydrogens (tertiary/aromatic N) is 1. The Bertz CT molecular complexity index is 776. The van der Waals surface area contributed by atoms with Gasteiger partial charge in [-0.05, 0) is 56.5 Å². The number of carboxylic acid groups (broad SMARTS) is 1.